The van der Waals surface area contributed by atoms with Crippen LogP contribution in [0.25, 0.3) is 22.0 Å². The Balaban J connectivity index is 1.98. The smallest absolute Gasteiger partial charge is 0.405 e. The Morgan fingerprint density at radius 2 is 1.82 bits per heavy atom. The molecular weight excluding hydrogens is 554 g/mol. The third kappa shape index (κ3) is 6.20. The van der Waals surface area contributed by atoms with E-state index in [0.717, 1.165) is 24.5 Å². The van der Waals surface area contributed by atoms with Crippen LogP contribution in [0, 0.1) is 11.6 Å². The average molecular weight is 579 g/mol. The van der Waals surface area contributed by atoms with Crippen molar-refractivity contribution in [2.24, 2.45) is 7.05 Å². The molecule has 0 radical (unpaired) electrons. The molecule has 1 atom stereocenters. The minimum absolute atomic E-state index is 0.0237. The maximum Gasteiger partial charge on any atom is 0.405 e. The van der Waals surface area contributed by atoms with Crippen molar-refractivity contribution >= 4 is 50.1 Å². The number of carbonyl (C=O) groups is 1. The molecule has 3 N–H and O–H groups in total. The molecule has 2 heterocycles. The van der Waals surface area contributed by atoms with Crippen LogP contribution in [0.3, 0.4) is 0 Å². The lowest BCUT2D eigenvalue weighted by Gasteiger charge is -2.23. The molecule has 0 aliphatic carbocycles. The molecule has 206 valence electrons. The van der Waals surface area contributed by atoms with E-state index in [1.165, 1.54) is 4.68 Å². The SMILES string of the molecule is CN(C)c1cnc(C(Cc2cc(F)cc(F)c2)NC(=O)O)c(-c2ccc(Cl)c3c(NS(C)(=O)=O)nn(C)c23)c1. The highest BCUT2D eigenvalue weighted by Gasteiger charge is 2.26. The van der Waals surface area contributed by atoms with Crippen molar-refractivity contribution in [1.82, 2.24) is 20.1 Å². The molecule has 0 aliphatic heterocycles. The number of fused-ring (bicyclic) bond motifs is 1. The predicted molar refractivity (Wildman–Crippen MR) is 146 cm³/mol. The summed E-state index contributed by atoms with van der Waals surface area (Å²) >= 11 is 6.48. The fourth-order valence-corrected chi connectivity index (χ4v) is 5.11. The number of nitrogens with zero attached hydrogens (tertiary/aromatic N) is 4. The van der Waals surface area contributed by atoms with Gasteiger partial charge in [-0.25, -0.2) is 22.0 Å². The van der Waals surface area contributed by atoms with Gasteiger partial charge in [-0.1, -0.05) is 17.7 Å². The minimum Gasteiger partial charge on any atom is -0.465 e. The summed E-state index contributed by atoms with van der Waals surface area (Å²) in [5, 5.41) is 16.9. The molecule has 14 heteroatoms. The van der Waals surface area contributed by atoms with Gasteiger partial charge in [0.15, 0.2) is 5.82 Å². The largest absolute Gasteiger partial charge is 0.465 e. The van der Waals surface area contributed by atoms with Crippen molar-refractivity contribution < 1.29 is 27.1 Å². The van der Waals surface area contributed by atoms with E-state index in [1.54, 1.807) is 50.4 Å². The summed E-state index contributed by atoms with van der Waals surface area (Å²) in [6, 6.07) is 7.01. The fourth-order valence-electron chi connectivity index (χ4n) is 4.37. The molecule has 0 spiro atoms. The van der Waals surface area contributed by atoms with Crippen LogP contribution in [0.15, 0.2) is 42.6 Å². The first kappa shape index (κ1) is 28.0. The van der Waals surface area contributed by atoms with E-state index < -0.39 is 33.8 Å². The van der Waals surface area contributed by atoms with E-state index in [-0.39, 0.29) is 28.5 Å². The number of amides is 1. The number of carboxylic acid groups (broad SMARTS) is 1. The minimum atomic E-state index is -3.68. The standard InChI is InChI=1S/C25H25ClF2N6O4S/c1-33(2)16-11-18(17-5-6-19(26)21-23(17)34(3)31-24(21)32-39(4,37)38)22(29-12-16)20(30-25(35)36)9-13-7-14(27)10-15(28)8-13/h5-8,10-12,20,30H,9H2,1-4H3,(H,31,32)(H,35,36). The first-order chi connectivity index (χ1) is 18.2. The van der Waals surface area contributed by atoms with Crippen molar-refractivity contribution in [3.05, 3.63) is 70.5 Å². The maximum absolute atomic E-state index is 13.9. The van der Waals surface area contributed by atoms with E-state index in [4.69, 9.17) is 11.6 Å². The summed E-state index contributed by atoms with van der Waals surface area (Å²) in [5.74, 6) is -1.57. The predicted octanol–water partition coefficient (Wildman–Crippen LogP) is 4.56. The molecule has 0 saturated carbocycles. The maximum atomic E-state index is 13.9. The molecule has 2 aromatic carbocycles. The van der Waals surface area contributed by atoms with Gasteiger partial charge in [-0.2, -0.15) is 5.10 Å². The first-order valence-corrected chi connectivity index (χ1v) is 13.8. The van der Waals surface area contributed by atoms with Crippen molar-refractivity contribution in [2.45, 2.75) is 12.5 Å². The number of aryl methyl sites for hydroxylation is 1. The lowest BCUT2D eigenvalue weighted by atomic mass is 9.94. The summed E-state index contributed by atoms with van der Waals surface area (Å²) in [7, 11) is 1.54. The van der Waals surface area contributed by atoms with Gasteiger partial charge >= 0.3 is 6.09 Å². The van der Waals surface area contributed by atoms with Gasteiger partial charge in [-0.05, 0) is 36.2 Å². The molecule has 2 aromatic heterocycles. The van der Waals surface area contributed by atoms with Crippen LogP contribution in [0.2, 0.25) is 5.02 Å². The summed E-state index contributed by atoms with van der Waals surface area (Å²) in [5.41, 5.74) is 2.64. The van der Waals surface area contributed by atoms with Gasteiger partial charge in [0.2, 0.25) is 10.0 Å². The monoisotopic (exact) mass is 578 g/mol. The number of halogens is 3. The number of pyridine rings is 1. The molecule has 0 fully saturated rings. The summed E-state index contributed by atoms with van der Waals surface area (Å²) < 4.78 is 55.6. The number of hydrogen-bond donors (Lipinski definition) is 3. The Bertz CT molecular complexity index is 1670. The van der Waals surface area contributed by atoms with Gasteiger partial charge in [0, 0.05) is 38.3 Å². The van der Waals surface area contributed by atoms with Crippen LogP contribution in [0.5, 0.6) is 0 Å². The quantitative estimate of drug-likeness (QED) is 0.279. The number of nitrogens with one attached hydrogen (secondary N) is 2. The molecule has 10 nitrogen and oxygen atoms in total. The highest BCUT2D eigenvalue weighted by Crippen LogP contribution is 2.40. The van der Waals surface area contributed by atoms with Crippen LogP contribution in [0.1, 0.15) is 17.3 Å². The van der Waals surface area contributed by atoms with Crippen LogP contribution in [0.4, 0.5) is 25.1 Å². The normalized spacial score (nSPS) is 12.4. The molecule has 1 unspecified atom stereocenters. The highest BCUT2D eigenvalue weighted by molar-refractivity contribution is 7.92. The Morgan fingerprint density at radius 3 is 2.41 bits per heavy atom. The number of benzene rings is 2. The van der Waals surface area contributed by atoms with Crippen LogP contribution in [-0.4, -0.2) is 54.7 Å². The van der Waals surface area contributed by atoms with Gasteiger partial charge in [-0.15, -0.1) is 0 Å². The summed E-state index contributed by atoms with van der Waals surface area (Å²) in [6.45, 7) is 0. The molecule has 4 aromatic rings. The van der Waals surface area contributed by atoms with Gasteiger partial charge in [0.1, 0.15) is 11.6 Å². The third-order valence-electron chi connectivity index (χ3n) is 5.92. The molecule has 1 amide bonds. The third-order valence-corrected chi connectivity index (χ3v) is 6.80. The van der Waals surface area contributed by atoms with Crippen molar-refractivity contribution in [2.75, 3.05) is 30.0 Å². The van der Waals surface area contributed by atoms with Gasteiger partial charge < -0.3 is 15.3 Å². The van der Waals surface area contributed by atoms with Crippen molar-refractivity contribution in [3.63, 3.8) is 0 Å². The van der Waals surface area contributed by atoms with Crippen LogP contribution >= 0.6 is 11.6 Å². The van der Waals surface area contributed by atoms with E-state index in [2.05, 4.69) is 20.1 Å². The first-order valence-electron chi connectivity index (χ1n) is 11.5. The Kier molecular flexibility index (Phi) is 7.66. The molecule has 4 rings (SSSR count). The molecule has 0 aliphatic rings. The summed E-state index contributed by atoms with van der Waals surface area (Å²) in [4.78, 5) is 18.2. The van der Waals surface area contributed by atoms with Crippen LogP contribution < -0.4 is 14.9 Å². The van der Waals surface area contributed by atoms with E-state index in [0.29, 0.717) is 27.7 Å². The molecular formula is C25H25ClF2N6O4S. The van der Waals surface area contributed by atoms with E-state index in [9.17, 15) is 27.1 Å². The lowest BCUT2D eigenvalue weighted by Crippen LogP contribution is -2.29. The molecule has 39 heavy (non-hydrogen) atoms. The van der Waals surface area contributed by atoms with E-state index in [1.807, 2.05) is 0 Å². The van der Waals surface area contributed by atoms with Gasteiger partial charge in [-0.3, -0.25) is 14.4 Å². The average Bonchev–Trinajstić information content (AvgIpc) is 3.12. The van der Waals surface area contributed by atoms with Crippen LogP contribution in [-0.2, 0) is 23.5 Å². The summed E-state index contributed by atoms with van der Waals surface area (Å²) in [6.07, 6.45) is 1.08. The zero-order chi connectivity index (χ0) is 28.6. The second kappa shape index (κ2) is 10.7. The fraction of sp³-hybridized carbons (Fsp3) is 0.240. The number of rotatable bonds is 8. The Labute approximate surface area is 228 Å². The molecule has 0 saturated heterocycles. The molecule has 0 bridgehead atoms. The van der Waals surface area contributed by atoms with Gasteiger partial charge in [0.25, 0.3) is 0 Å². The zero-order valence-electron chi connectivity index (χ0n) is 21.3. The van der Waals surface area contributed by atoms with Crippen molar-refractivity contribution in [1.29, 1.82) is 0 Å². The topological polar surface area (TPSA) is 129 Å². The Hall–Kier alpha value is -3.97. The number of sulfonamides is 1. The number of hydrogen-bond acceptors (Lipinski definition) is 6. The number of aromatic nitrogens is 3. The second-order valence-electron chi connectivity index (χ2n) is 9.17. The lowest BCUT2D eigenvalue weighted by molar-refractivity contribution is 0.189. The second-order valence-corrected chi connectivity index (χ2v) is 11.3. The van der Waals surface area contributed by atoms with Crippen molar-refractivity contribution in [3.8, 4) is 11.1 Å². The number of anilines is 2. The Morgan fingerprint density at radius 1 is 1.15 bits per heavy atom. The van der Waals surface area contributed by atoms with E-state index >= 15 is 0 Å². The zero-order valence-corrected chi connectivity index (χ0v) is 22.9. The van der Waals surface area contributed by atoms with Gasteiger partial charge in [0.05, 0.1) is 45.8 Å². The highest BCUT2D eigenvalue weighted by atomic mass is 35.5.